The molecule has 0 heterocycles. The maximum Gasteiger partial charge on any atom is 0.251 e. The largest absolute Gasteiger partial charge is 0.492 e. The fourth-order valence-corrected chi connectivity index (χ4v) is 2.04. The van der Waals surface area contributed by atoms with Crippen molar-refractivity contribution < 1.29 is 9.53 Å². The minimum atomic E-state index is -0.0617. The summed E-state index contributed by atoms with van der Waals surface area (Å²) in [5, 5.41) is 2.87. The molecular formula is C17H20N2O2. The average Bonchev–Trinajstić information content (AvgIpc) is 2.53. The molecule has 0 spiro atoms. The van der Waals surface area contributed by atoms with Gasteiger partial charge in [0.15, 0.2) is 0 Å². The van der Waals surface area contributed by atoms with Gasteiger partial charge < -0.3 is 15.8 Å². The van der Waals surface area contributed by atoms with Crippen LogP contribution in [0.2, 0.25) is 0 Å². The molecule has 4 nitrogen and oxygen atoms in total. The summed E-state index contributed by atoms with van der Waals surface area (Å²) in [6, 6.07) is 14.8. The highest BCUT2D eigenvalue weighted by atomic mass is 16.5. The predicted octanol–water partition coefficient (Wildman–Crippen LogP) is 2.64. The van der Waals surface area contributed by atoms with Crippen LogP contribution in [-0.4, -0.2) is 19.1 Å². The number of amides is 1. The second-order valence-electron chi connectivity index (χ2n) is 4.68. The first-order valence-corrected chi connectivity index (χ1v) is 7.05. The van der Waals surface area contributed by atoms with Gasteiger partial charge in [-0.05, 0) is 42.3 Å². The highest BCUT2D eigenvalue weighted by Crippen LogP contribution is 2.12. The van der Waals surface area contributed by atoms with Crippen molar-refractivity contribution in [1.82, 2.24) is 5.32 Å². The van der Waals surface area contributed by atoms with Crippen molar-refractivity contribution in [3.05, 3.63) is 59.7 Å². The third-order valence-electron chi connectivity index (χ3n) is 3.18. The molecule has 0 radical (unpaired) electrons. The molecule has 0 aliphatic heterocycles. The van der Waals surface area contributed by atoms with Crippen LogP contribution in [0.4, 0.5) is 5.69 Å². The van der Waals surface area contributed by atoms with E-state index in [2.05, 4.69) is 5.32 Å². The second kappa shape index (κ2) is 7.33. The van der Waals surface area contributed by atoms with Crippen LogP contribution in [0.5, 0.6) is 5.75 Å². The van der Waals surface area contributed by atoms with Crippen LogP contribution in [0.25, 0.3) is 0 Å². The van der Waals surface area contributed by atoms with Crippen LogP contribution in [0.3, 0.4) is 0 Å². The molecule has 0 aromatic heterocycles. The Kier molecular flexibility index (Phi) is 5.21. The smallest absolute Gasteiger partial charge is 0.251 e. The fourth-order valence-electron chi connectivity index (χ4n) is 2.04. The lowest BCUT2D eigenvalue weighted by molar-refractivity contribution is 0.0946. The number of ether oxygens (including phenoxy) is 1. The van der Waals surface area contributed by atoms with Gasteiger partial charge in [-0.15, -0.1) is 0 Å². The van der Waals surface area contributed by atoms with Crippen molar-refractivity contribution in [2.75, 3.05) is 18.9 Å². The van der Waals surface area contributed by atoms with Gasteiger partial charge in [0, 0.05) is 11.3 Å². The van der Waals surface area contributed by atoms with Gasteiger partial charge >= 0.3 is 0 Å². The van der Waals surface area contributed by atoms with Crippen LogP contribution >= 0.6 is 0 Å². The molecule has 0 saturated carbocycles. The van der Waals surface area contributed by atoms with E-state index in [0.717, 1.165) is 23.3 Å². The number of aryl methyl sites for hydroxylation is 1. The number of nitrogen functional groups attached to an aromatic ring is 1. The Bertz CT molecular complexity index is 594. The summed E-state index contributed by atoms with van der Waals surface area (Å²) in [5.74, 6) is 0.681. The van der Waals surface area contributed by atoms with Crippen molar-refractivity contribution in [2.24, 2.45) is 0 Å². The van der Waals surface area contributed by atoms with Crippen LogP contribution in [-0.2, 0) is 6.42 Å². The van der Waals surface area contributed by atoms with E-state index in [1.165, 1.54) is 0 Å². The monoisotopic (exact) mass is 284 g/mol. The first-order chi connectivity index (χ1) is 10.2. The molecule has 2 aromatic carbocycles. The standard InChI is InChI=1S/C17H20N2O2/c1-2-13-5-3-4-6-16(13)17(20)19-11-12-21-15-9-7-14(18)8-10-15/h3-10H,2,11-12,18H2,1H3,(H,19,20). The lowest BCUT2D eigenvalue weighted by Crippen LogP contribution is -2.28. The van der Waals surface area contributed by atoms with Crippen LogP contribution in [0.1, 0.15) is 22.8 Å². The van der Waals surface area contributed by atoms with E-state index >= 15 is 0 Å². The molecule has 4 heteroatoms. The molecule has 0 aliphatic rings. The molecule has 21 heavy (non-hydrogen) atoms. The maximum atomic E-state index is 12.1. The molecule has 2 aromatic rings. The van der Waals surface area contributed by atoms with Crippen LogP contribution < -0.4 is 15.8 Å². The number of anilines is 1. The highest BCUT2D eigenvalue weighted by Gasteiger charge is 2.08. The predicted molar refractivity (Wildman–Crippen MR) is 84.5 cm³/mol. The number of hydrogen-bond acceptors (Lipinski definition) is 3. The molecule has 0 atom stereocenters. The highest BCUT2D eigenvalue weighted by molar-refractivity contribution is 5.95. The van der Waals surface area contributed by atoms with Crippen LogP contribution in [0, 0.1) is 0 Å². The zero-order valence-electron chi connectivity index (χ0n) is 12.1. The Balaban J connectivity index is 1.80. The third-order valence-corrected chi connectivity index (χ3v) is 3.18. The molecule has 1 amide bonds. The molecular weight excluding hydrogens is 264 g/mol. The van der Waals surface area contributed by atoms with E-state index in [9.17, 15) is 4.79 Å². The molecule has 2 rings (SSSR count). The number of carbonyl (C=O) groups excluding carboxylic acids is 1. The van der Waals surface area contributed by atoms with Gasteiger partial charge in [0.1, 0.15) is 12.4 Å². The van der Waals surface area contributed by atoms with E-state index < -0.39 is 0 Å². The number of nitrogens with one attached hydrogen (secondary N) is 1. The Morgan fingerprint density at radius 3 is 2.57 bits per heavy atom. The summed E-state index contributed by atoms with van der Waals surface area (Å²) >= 11 is 0. The molecule has 3 N–H and O–H groups in total. The Hall–Kier alpha value is -2.49. The van der Waals surface area contributed by atoms with Crippen molar-refractivity contribution in [3.8, 4) is 5.75 Å². The maximum absolute atomic E-state index is 12.1. The van der Waals surface area contributed by atoms with E-state index in [0.29, 0.717) is 18.8 Å². The topological polar surface area (TPSA) is 64.3 Å². The quantitative estimate of drug-likeness (QED) is 0.633. The lowest BCUT2D eigenvalue weighted by atomic mass is 10.0. The van der Waals surface area contributed by atoms with Gasteiger partial charge in [0.25, 0.3) is 5.91 Å². The van der Waals surface area contributed by atoms with E-state index in [1.54, 1.807) is 12.1 Å². The molecule has 0 bridgehead atoms. The van der Waals surface area contributed by atoms with Gasteiger partial charge in [-0.1, -0.05) is 25.1 Å². The Morgan fingerprint density at radius 1 is 1.14 bits per heavy atom. The lowest BCUT2D eigenvalue weighted by Gasteiger charge is -2.10. The second-order valence-corrected chi connectivity index (χ2v) is 4.68. The Morgan fingerprint density at radius 2 is 1.86 bits per heavy atom. The van der Waals surface area contributed by atoms with Crippen molar-refractivity contribution in [1.29, 1.82) is 0 Å². The fraction of sp³-hybridized carbons (Fsp3) is 0.235. The molecule has 0 saturated heterocycles. The summed E-state index contributed by atoms with van der Waals surface area (Å²) < 4.78 is 5.53. The summed E-state index contributed by atoms with van der Waals surface area (Å²) in [5.41, 5.74) is 8.08. The summed E-state index contributed by atoms with van der Waals surface area (Å²) in [7, 11) is 0. The molecule has 0 unspecified atom stereocenters. The van der Waals surface area contributed by atoms with Gasteiger partial charge in [-0.2, -0.15) is 0 Å². The molecule has 0 aliphatic carbocycles. The number of benzene rings is 2. The number of carbonyl (C=O) groups is 1. The third kappa shape index (κ3) is 4.24. The van der Waals surface area contributed by atoms with Crippen molar-refractivity contribution in [3.63, 3.8) is 0 Å². The minimum absolute atomic E-state index is 0.0617. The first-order valence-electron chi connectivity index (χ1n) is 7.05. The zero-order chi connectivity index (χ0) is 15.1. The average molecular weight is 284 g/mol. The van der Waals surface area contributed by atoms with Gasteiger partial charge in [0.05, 0.1) is 6.54 Å². The molecule has 110 valence electrons. The van der Waals surface area contributed by atoms with E-state index in [1.807, 2.05) is 43.3 Å². The van der Waals surface area contributed by atoms with Crippen molar-refractivity contribution >= 4 is 11.6 Å². The van der Waals surface area contributed by atoms with Crippen molar-refractivity contribution in [2.45, 2.75) is 13.3 Å². The van der Waals surface area contributed by atoms with Crippen LogP contribution in [0.15, 0.2) is 48.5 Å². The number of nitrogens with two attached hydrogens (primary N) is 1. The number of rotatable bonds is 6. The summed E-state index contributed by atoms with van der Waals surface area (Å²) in [4.78, 5) is 12.1. The van der Waals surface area contributed by atoms with Gasteiger partial charge in [0.2, 0.25) is 0 Å². The van der Waals surface area contributed by atoms with Gasteiger partial charge in [-0.25, -0.2) is 0 Å². The van der Waals surface area contributed by atoms with Gasteiger partial charge in [-0.3, -0.25) is 4.79 Å². The Labute approximate surface area is 124 Å². The SMILES string of the molecule is CCc1ccccc1C(=O)NCCOc1ccc(N)cc1. The first kappa shape index (κ1) is 14.9. The normalized spacial score (nSPS) is 10.1. The zero-order valence-corrected chi connectivity index (χ0v) is 12.1. The van der Waals surface area contributed by atoms with E-state index in [-0.39, 0.29) is 5.91 Å². The summed E-state index contributed by atoms with van der Waals surface area (Å²) in [6.07, 6.45) is 0.839. The summed E-state index contributed by atoms with van der Waals surface area (Å²) in [6.45, 7) is 2.92. The molecule has 0 fully saturated rings. The minimum Gasteiger partial charge on any atom is -0.492 e. The van der Waals surface area contributed by atoms with E-state index in [4.69, 9.17) is 10.5 Å². The number of hydrogen-bond donors (Lipinski definition) is 2.